The molecule has 1 heterocycles. The van der Waals surface area contributed by atoms with Gasteiger partial charge in [-0.3, -0.25) is 4.79 Å². The molecule has 0 radical (unpaired) electrons. The number of fused-ring (bicyclic) bond motifs is 1. The van der Waals surface area contributed by atoms with Crippen molar-refractivity contribution >= 4 is 39.0 Å². The fourth-order valence-electron chi connectivity index (χ4n) is 3.79. The Balaban J connectivity index is 1.84. The molecule has 12 heteroatoms. The molecule has 4 aromatic rings. The molecule has 0 amide bonds. The third kappa shape index (κ3) is 6.17. The predicted octanol–water partition coefficient (Wildman–Crippen LogP) is 6.07. The second kappa shape index (κ2) is 11.9. The van der Waals surface area contributed by atoms with Crippen LogP contribution in [0.4, 0.5) is 13.2 Å². The Bertz CT molecular complexity index is 1650. The smallest absolute Gasteiger partial charge is 0.416 e. The van der Waals surface area contributed by atoms with E-state index in [1.54, 1.807) is 43.3 Å². The minimum atomic E-state index is -4.59. The maximum absolute atomic E-state index is 13.4. The molecule has 208 valence electrons. The van der Waals surface area contributed by atoms with Crippen LogP contribution in [0.3, 0.4) is 0 Å². The predicted molar refractivity (Wildman–Crippen MR) is 147 cm³/mol. The number of benzene rings is 3. The van der Waals surface area contributed by atoms with Crippen molar-refractivity contribution in [1.82, 2.24) is 9.66 Å². The lowest BCUT2D eigenvalue weighted by atomic mass is 10.1. The Labute approximate surface area is 235 Å². The molecule has 0 saturated heterocycles. The number of rotatable bonds is 8. The van der Waals surface area contributed by atoms with Crippen LogP contribution in [-0.4, -0.2) is 41.7 Å². The Kier molecular flexibility index (Phi) is 8.58. The first-order valence-electron chi connectivity index (χ1n) is 12.0. The largest absolute Gasteiger partial charge is 0.490 e. The molecule has 0 aliphatic rings. The van der Waals surface area contributed by atoms with Crippen LogP contribution in [0.5, 0.6) is 11.5 Å². The number of ether oxygens (including phenoxy) is 3. The monoisotopic (exact) mass is 617 g/mol. The number of halogens is 4. The van der Waals surface area contributed by atoms with Crippen LogP contribution in [0.15, 0.2) is 75.0 Å². The van der Waals surface area contributed by atoms with Crippen LogP contribution in [0.1, 0.15) is 25.0 Å². The van der Waals surface area contributed by atoms with Gasteiger partial charge in [-0.2, -0.15) is 22.9 Å². The van der Waals surface area contributed by atoms with Gasteiger partial charge in [-0.05, 0) is 66.2 Å². The van der Waals surface area contributed by atoms with Crippen LogP contribution in [0.2, 0.25) is 0 Å². The van der Waals surface area contributed by atoms with E-state index in [2.05, 4.69) is 26.0 Å². The standard InChI is InChI=1S/C28H23BrF3N3O5/c1-4-39-23-13-18(21(29)14-24(23)40-16(2)27(37)38-3)15-33-35-25(17-8-7-9-19(12-17)28(30,31)32)34-22-11-6-5-10-20(22)26(35)36/h5-16H,4H2,1-3H3/t16-/m0/s1. The lowest BCUT2D eigenvalue weighted by Gasteiger charge is -2.17. The van der Waals surface area contributed by atoms with Crippen molar-refractivity contribution in [1.29, 1.82) is 0 Å². The van der Waals surface area contributed by atoms with Crippen molar-refractivity contribution in [2.45, 2.75) is 26.1 Å². The van der Waals surface area contributed by atoms with Gasteiger partial charge in [-0.25, -0.2) is 9.78 Å². The maximum atomic E-state index is 13.4. The molecule has 0 N–H and O–H groups in total. The quantitative estimate of drug-likeness (QED) is 0.176. The zero-order valence-corrected chi connectivity index (χ0v) is 23.1. The van der Waals surface area contributed by atoms with E-state index in [-0.39, 0.29) is 29.1 Å². The minimum Gasteiger partial charge on any atom is -0.490 e. The molecule has 0 unspecified atom stereocenters. The lowest BCUT2D eigenvalue weighted by molar-refractivity contribution is -0.148. The second-order valence-electron chi connectivity index (χ2n) is 8.43. The van der Waals surface area contributed by atoms with Crippen LogP contribution >= 0.6 is 15.9 Å². The molecule has 8 nitrogen and oxygen atoms in total. The molecule has 0 spiro atoms. The summed E-state index contributed by atoms with van der Waals surface area (Å²) in [5.74, 6) is -0.0865. The summed E-state index contributed by atoms with van der Waals surface area (Å²) in [6.45, 7) is 3.58. The lowest BCUT2D eigenvalue weighted by Crippen LogP contribution is -2.25. The highest BCUT2D eigenvalue weighted by molar-refractivity contribution is 9.10. The van der Waals surface area contributed by atoms with Gasteiger partial charge >= 0.3 is 12.1 Å². The second-order valence-corrected chi connectivity index (χ2v) is 9.28. The van der Waals surface area contributed by atoms with Crippen LogP contribution in [0.25, 0.3) is 22.3 Å². The van der Waals surface area contributed by atoms with E-state index in [1.807, 2.05) is 0 Å². The highest BCUT2D eigenvalue weighted by Crippen LogP contribution is 2.35. The van der Waals surface area contributed by atoms with E-state index >= 15 is 0 Å². The molecule has 4 rings (SSSR count). The molecule has 1 atom stereocenters. The maximum Gasteiger partial charge on any atom is 0.416 e. The fraction of sp³-hybridized carbons (Fsp3) is 0.214. The van der Waals surface area contributed by atoms with Crippen LogP contribution in [0, 0.1) is 0 Å². The van der Waals surface area contributed by atoms with Gasteiger partial charge in [0.1, 0.15) is 0 Å². The fourth-order valence-corrected chi connectivity index (χ4v) is 4.21. The average molecular weight is 618 g/mol. The normalized spacial score (nSPS) is 12.5. The number of aromatic nitrogens is 2. The zero-order valence-electron chi connectivity index (χ0n) is 21.5. The number of hydrogen-bond donors (Lipinski definition) is 0. The summed E-state index contributed by atoms with van der Waals surface area (Å²) in [5.41, 5.74) is -0.625. The molecule has 0 saturated carbocycles. The molecular weight excluding hydrogens is 595 g/mol. The SMILES string of the molecule is CCOc1cc(C=Nn2c(-c3cccc(C(F)(F)F)c3)nc3ccccc3c2=O)c(Br)cc1O[C@@H](C)C(=O)OC. The van der Waals surface area contributed by atoms with Crippen molar-refractivity contribution in [2.24, 2.45) is 5.10 Å². The molecule has 0 aliphatic carbocycles. The van der Waals surface area contributed by atoms with E-state index in [0.29, 0.717) is 21.3 Å². The summed E-state index contributed by atoms with van der Waals surface area (Å²) in [4.78, 5) is 29.7. The summed E-state index contributed by atoms with van der Waals surface area (Å²) in [6, 6.07) is 14.2. The highest BCUT2D eigenvalue weighted by atomic mass is 79.9. The zero-order chi connectivity index (χ0) is 29.0. The molecule has 1 aromatic heterocycles. The molecule has 0 aliphatic heterocycles. The van der Waals surface area contributed by atoms with Crippen LogP contribution < -0.4 is 15.0 Å². The number of hydrogen-bond acceptors (Lipinski definition) is 7. The Morgan fingerprint density at radius 1 is 1.12 bits per heavy atom. The van der Waals surface area contributed by atoms with Crippen molar-refractivity contribution in [3.63, 3.8) is 0 Å². The molecular formula is C28H23BrF3N3O5. The summed E-state index contributed by atoms with van der Waals surface area (Å²) in [7, 11) is 1.25. The summed E-state index contributed by atoms with van der Waals surface area (Å²) >= 11 is 3.43. The van der Waals surface area contributed by atoms with E-state index in [9.17, 15) is 22.8 Å². The van der Waals surface area contributed by atoms with Crippen molar-refractivity contribution in [3.05, 3.63) is 86.6 Å². The first-order chi connectivity index (χ1) is 19.0. The van der Waals surface area contributed by atoms with Crippen molar-refractivity contribution in [2.75, 3.05) is 13.7 Å². The number of para-hydroxylation sites is 1. The Morgan fingerprint density at radius 3 is 2.58 bits per heavy atom. The number of esters is 1. The highest BCUT2D eigenvalue weighted by Gasteiger charge is 2.31. The first kappa shape index (κ1) is 28.8. The number of carbonyl (C=O) groups is 1. The molecule has 3 aromatic carbocycles. The summed E-state index contributed by atoms with van der Waals surface area (Å²) in [6.07, 6.45) is -4.15. The third-order valence-corrected chi connectivity index (χ3v) is 6.40. The number of alkyl halides is 3. The Hall–Kier alpha value is -4.19. The summed E-state index contributed by atoms with van der Waals surface area (Å²) < 4.78 is 57.8. The first-order valence-corrected chi connectivity index (χ1v) is 12.8. The summed E-state index contributed by atoms with van der Waals surface area (Å²) in [5, 5.41) is 4.56. The average Bonchev–Trinajstić information content (AvgIpc) is 2.93. The van der Waals surface area contributed by atoms with Gasteiger partial charge in [-0.15, -0.1) is 0 Å². The topological polar surface area (TPSA) is 92.0 Å². The van der Waals surface area contributed by atoms with Gasteiger partial charge in [0.25, 0.3) is 5.56 Å². The molecule has 0 fully saturated rings. The third-order valence-electron chi connectivity index (χ3n) is 5.71. The number of methoxy groups -OCH3 is 1. The Morgan fingerprint density at radius 2 is 1.88 bits per heavy atom. The van der Waals surface area contributed by atoms with Crippen molar-refractivity contribution in [3.8, 4) is 22.9 Å². The van der Waals surface area contributed by atoms with E-state index in [4.69, 9.17) is 14.2 Å². The molecule has 0 bridgehead atoms. The van der Waals surface area contributed by atoms with E-state index in [1.165, 1.54) is 32.4 Å². The van der Waals surface area contributed by atoms with Crippen LogP contribution in [-0.2, 0) is 15.7 Å². The van der Waals surface area contributed by atoms with Gasteiger partial charge in [0.05, 0.1) is 36.4 Å². The van der Waals surface area contributed by atoms with Gasteiger partial charge in [0.15, 0.2) is 23.4 Å². The number of nitrogens with zero attached hydrogens (tertiary/aromatic N) is 3. The number of carbonyl (C=O) groups excluding carboxylic acids is 1. The van der Waals surface area contributed by atoms with Gasteiger partial charge in [0.2, 0.25) is 0 Å². The van der Waals surface area contributed by atoms with Gasteiger partial charge < -0.3 is 14.2 Å². The molecule has 40 heavy (non-hydrogen) atoms. The van der Waals surface area contributed by atoms with Gasteiger partial charge in [0, 0.05) is 15.6 Å². The van der Waals surface area contributed by atoms with Crippen molar-refractivity contribution < 1.29 is 32.2 Å². The van der Waals surface area contributed by atoms with Gasteiger partial charge in [-0.1, -0.05) is 24.3 Å². The van der Waals surface area contributed by atoms with E-state index < -0.39 is 29.4 Å². The minimum absolute atomic E-state index is 0.0597. The van der Waals surface area contributed by atoms with E-state index in [0.717, 1.165) is 16.8 Å².